The van der Waals surface area contributed by atoms with Gasteiger partial charge < -0.3 is 5.32 Å². The Morgan fingerprint density at radius 1 is 1.04 bits per heavy atom. The number of rotatable bonds is 5. The first-order chi connectivity index (χ1) is 11.1. The maximum absolute atomic E-state index is 6.29. The zero-order chi connectivity index (χ0) is 16.2. The third-order valence-corrected chi connectivity index (χ3v) is 4.23. The molecular weight excluding hydrogens is 329 g/mol. The van der Waals surface area contributed by atoms with Crippen molar-refractivity contribution in [2.45, 2.75) is 20.0 Å². The van der Waals surface area contributed by atoms with Crippen LogP contribution in [0.5, 0.6) is 0 Å². The van der Waals surface area contributed by atoms with Crippen molar-refractivity contribution < 1.29 is 0 Å². The van der Waals surface area contributed by atoms with E-state index in [4.69, 9.17) is 23.2 Å². The second kappa shape index (κ2) is 7.18. The fraction of sp³-hybridized carbons (Fsp3) is 0.167. The predicted octanol–water partition coefficient (Wildman–Crippen LogP) is 4.98. The van der Waals surface area contributed by atoms with E-state index in [0.29, 0.717) is 16.6 Å². The summed E-state index contributed by atoms with van der Waals surface area (Å²) >= 11 is 12.2. The van der Waals surface area contributed by atoms with Crippen LogP contribution in [0, 0.1) is 6.92 Å². The molecule has 0 bridgehead atoms. The van der Waals surface area contributed by atoms with Gasteiger partial charge in [0.2, 0.25) is 0 Å². The molecule has 23 heavy (non-hydrogen) atoms. The summed E-state index contributed by atoms with van der Waals surface area (Å²) in [6.45, 7) is 3.60. The molecule has 2 aromatic carbocycles. The number of halogens is 2. The number of hydrogen-bond donors (Lipinski definition) is 2. The number of H-pyrrole nitrogens is 1. The van der Waals surface area contributed by atoms with Gasteiger partial charge in [0.1, 0.15) is 0 Å². The van der Waals surface area contributed by atoms with E-state index in [1.165, 1.54) is 11.1 Å². The van der Waals surface area contributed by atoms with E-state index in [2.05, 4.69) is 46.7 Å². The largest absolute Gasteiger partial charge is 0.308 e. The second-order valence-electron chi connectivity index (χ2n) is 5.48. The summed E-state index contributed by atoms with van der Waals surface area (Å²) in [6.07, 6.45) is 1.82. The fourth-order valence-electron chi connectivity index (χ4n) is 2.42. The summed E-state index contributed by atoms with van der Waals surface area (Å²) in [5.74, 6) is 0. The number of aromatic nitrogens is 2. The monoisotopic (exact) mass is 345 g/mol. The van der Waals surface area contributed by atoms with Crippen LogP contribution in [-0.2, 0) is 13.1 Å². The maximum Gasteiger partial charge on any atom is 0.0710 e. The lowest BCUT2D eigenvalue weighted by Gasteiger charge is -2.08. The molecule has 5 heteroatoms. The van der Waals surface area contributed by atoms with E-state index >= 15 is 0 Å². The van der Waals surface area contributed by atoms with Gasteiger partial charge in [0.25, 0.3) is 0 Å². The van der Waals surface area contributed by atoms with Crippen LogP contribution in [0.2, 0.25) is 10.0 Å². The predicted molar refractivity (Wildman–Crippen MR) is 95.8 cm³/mol. The van der Waals surface area contributed by atoms with Gasteiger partial charge in [-0.05, 0) is 30.7 Å². The number of nitrogens with one attached hydrogen (secondary N) is 2. The van der Waals surface area contributed by atoms with Gasteiger partial charge >= 0.3 is 0 Å². The first-order valence-electron chi connectivity index (χ1n) is 7.37. The zero-order valence-corrected chi connectivity index (χ0v) is 14.2. The second-order valence-corrected chi connectivity index (χ2v) is 6.33. The van der Waals surface area contributed by atoms with Crippen molar-refractivity contribution in [1.82, 2.24) is 15.5 Å². The Bertz CT molecular complexity index is 794. The Labute approximate surface area is 145 Å². The SMILES string of the molecule is Cc1ccc(CNCc2cn[nH]c2-c2ccc(Cl)cc2Cl)cc1. The van der Waals surface area contributed by atoms with Crippen LogP contribution in [0.3, 0.4) is 0 Å². The van der Waals surface area contributed by atoms with E-state index in [1.54, 1.807) is 6.07 Å². The number of aromatic amines is 1. The van der Waals surface area contributed by atoms with Gasteiger partial charge in [-0.15, -0.1) is 0 Å². The molecule has 0 saturated carbocycles. The van der Waals surface area contributed by atoms with E-state index < -0.39 is 0 Å². The molecule has 0 aliphatic heterocycles. The average Bonchev–Trinajstić information content (AvgIpc) is 2.97. The quantitative estimate of drug-likeness (QED) is 0.684. The molecule has 2 N–H and O–H groups in total. The molecule has 1 aromatic heterocycles. The molecule has 0 spiro atoms. The Morgan fingerprint density at radius 2 is 1.83 bits per heavy atom. The van der Waals surface area contributed by atoms with Crippen molar-refractivity contribution in [3.05, 3.63) is 75.4 Å². The normalized spacial score (nSPS) is 10.9. The highest BCUT2D eigenvalue weighted by Crippen LogP contribution is 2.31. The summed E-state index contributed by atoms with van der Waals surface area (Å²) < 4.78 is 0. The molecule has 3 nitrogen and oxygen atoms in total. The molecule has 0 unspecified atom stereocenters. The van der Waals surface area contributed by atoms with Gasteiger partial charge in [-0.2, -0.15) is 5.10 Å². The molecule has 0 aliphatic carbocycles. The molecule has 0 fully saturated rings. The van der Waals surface area contributed by atoms with Crippen LogP contribution in [0.25, 0.3) is 11.3 Å². The van der Waals surface area contributed by atoms with Crippen molar-refractivity contribution in [3.63, 3.8) is 0 Å². The molecular formula is C18H17Cl2N3. The van der Waals surface area contributed by atoms with Gasteiger partial charge in [0.15, 0.2) is 0 Å². The number of hydrogen-bond acceptors (Lipinski definition) is 2. The molecule has 0 radical (unpaired) electrons. The highest BCUT2D eigenvalue weighted by atomic mass is 35.5. The third-order valence-electron chi connectivity index (χ3n) is 3.68. The summed E-state index contributed by atoms with van der Waals surface area (Å²) in [6, 6.07) is 14.0. The number of nitrogens with zero attached hydrogens (tertiary/aromatic N) is 1. The first kappa shape index (κ1) is 16.1. The minimum atomic E-state index is 0.613. The lowest BCUT2D eigenvalue weighted by molar-refractivity contribution is 0.694. The minimum absolute atomic E-state index is 0.613. The van der Waals surface area contributed by atoms with Gasteiger partial charge in [0.05, 0.1) is 16.9 Å². The lowest BCUT2D eigenvalue weighted by atomic mass is 10.1. The molecule has 3 rings (SSSR count). The lowest BCUT2D eigenvalue weighted by Crippen LogP contribution is -2.12. The van der Waals surface area contributed by atoms with Crippen LogP contribution >= 0.6 is 23.2 Å². The Morgan fingerprint density at radius 3 is 2.57 bits per heavy atom. The van der Waals surface area contributed by atoms with Gasteiger partial charge in [0, 0.05) is 29.2 Å². The van der Waals surface area contributed by atoms with Crippen molar-refractivity contribution >= 4 is 23.2 Å². The molecule has 0 atom stereocenters. The van der Waals surface area contributed by atoms with Gasteiger partial charge in [-0.1, -0.05) is 53.0 Å². The molecule has 3 aromatic rings. The molecule has 1 heterocycles. The molecule has 0 saturated heterocycles. The van der Waals surface area contributed by atoms with Crippen LogP contribution in [0.1, 0.15) is 16.7 Å². The van der Waals surface area contributed by atoms with Crippen LogP contribution < -0.4 is 5.32 Å². The number of benzene rings is 2. The number of aryl methyl sites for hydroxylation is 1. The van der Waals surface area contributed by atoms with Gasteiger partial charge in [-0.3, -0.25) is 5.10 Å². The molecule has 0 aliphatic rings. The van der Waals surface area contributed by atoms with E-state index in [9.17, 15) is 0 Å². The first-order valence-corrected chi connectivity index (χ1v) is 8.13. The smallest absolute Gasteiger partial charge is 0.0710 e. The van der Waals surface area contributed by atoms with Crippen LogP contribution in [0.15, 0.2) is 48.7 Å². The zero-order valence-electron chi connectivity index (χ0n) is 12.7. The summed E-state index contributed by atoms with van der Waals surface area (Å²) in [4.78, 5) is 0. The van der Waals surface area contributed by atoms with E-state index in [0.717, 1.165) is 23.4 Å². The van der Waals surface area contributed by atoms with Crippen molar-refractivity contribution in [2.24, 2.45) is 0 Å². The fourth-order valence-corrected chi connectivity index (χ4v) is 2.92. The summed E-state index contributed by atoms with van der Waals surface area (Å²) in [7, 11) is 0. The maximum atomic E-state index is 6.29. The Kier molecular flexibility index (Phi) is 5.01. The Balaban J connectivity index is 1.70. The third kappa shape index (κ3) is 3.94. The van der Waals surface area contributed by atoms with Crippen molar-refractivity contribution in [1.29, 1.82) is 0 Å². The molecule has 118 valence electrons. The summed E-state index contributed by atoms with van der Waals surface area (Å²) in [5.41, 5.74) is 5.42. The van der Waals surface area contributed by atoms with Gasteiger partial charge in [-0.25, -0.2) is 0 Å². The standard InChI is InChI=1S/C18H17Cl2N3/c1-12-2-4-13(5-3-12)9-21-10-14-11-22-23-18(14)16-7-6-15(19)8-17(16)20/h2-8,11,21H,9-10H2,1H3,(H,22,23). The van der Waals surface area contributed by atoms with Crippen molar-refractivity contribution in [3.8, 4) is 11.3 Å². The summed E-state index contributed by atoms with van der Waals surface area (Å²) in [5, 5.41) is 11.8. The molecule has 0 amide bonds. The average molecular weight is 346 g/mol. The van der Waals surface area contributed by atoms with Crippen LogP contribution in [-0.4, -0.2) is 10.2 Å². The van der Waals surface area contributed by atoms with Crippen molar-refractivity contribution in [2.75, 3.05) is 0 Å². The highest BCUT2D eigenvalue weighted by molar-refractivity contribution is 6.36. The topological polar surface area (TPSA) is 40.7 Å². The van der Waals surface area contributed by atoms with E-state index in [1.807, 2.05) is 18.3 Å². The Hall–Kier alpha value is -1.81. The minimum Gasteiger partial charge on any atom is -0.308 e. The van der Waals surface area contributed by atoms with Crippen LogP contribution in [0.4, 0.5) is 0 Å². The highest BCUT2D eigenvalue weighted by Gasteiger charge is 2.11. The van der Waals surface area contributed by atoms with E-state index in [-0.39, 0.29) is 0 Å².